The van der Waals surface area contributed by atoms with Crippen molar-refractivity contribution < 1.29 is 8.42 Å². The summed E-state index contributed by atoms with van der Waals surface area (Å²) in [4.78, 5) is 0.198. The lowest BCUT2D eigenvalue weighted by atomic mass is 10.1. The van der Waals surface area contributed by atoms with Crippen LogP contribution in [0.4, 0.5) is 5.69 Å². The highest BCUT2D eigenvalue weighted by atomic mass is 32.2. The Morgan fingerprint density at radius 2 is 1.78 bits per heavy atom. The van der Waals surface area contributed by atoms with Gasteiger partial charge >= 0.3 is 0 Å². The molecule has 0 fully saturated rings. The van der Waals surface area contributed by atoms with Crippen molar-refractivity contribution in [3.8, 4) is 0 Å². The second kappa shape index (κ2) is 7.12. The predicted molar refractivity (Wildman–Crippen MR) is 108 cm³/mol. The Kier molecular flexibility index (Phi) is 4.87. The maximum absolute atomic E-state index is 12.6. The molecule has 2 aromatic carbocycles. The molecule has 0 saturated heterocycles. The molecule has 0 amide bonds. The molecule has 1 aromatic heterocycles. The third kappa shape index (κ3) is 3.93. The molecular weight excluding hydrogens is 364 g/mol. The van der Waals surface area contributed by atoms with Gasteiger partial charge in [-0.15, -0.1) is 5.10 Å². The molecule has 3 rings (SSSR count). The number of nitrogens with two attached hydrogens (primary N) is 2. The Morgan fingerprint density at radius 3 is 2.44 bits per heavy atom. The molecule has 8 nitrogen and oxygen atoms in total. The largest absolute Gasteiger partial charge is 0.369 e. The topological polar surface area (TPSA) is 128 Å². The van der Waals surface area contributed by atoms with Gasteiger partial charge in [-0.2, -0.15) is 5.10 Å². The van der Waals surface area contributed by atoms with E-state index in [0.29, 0.717) is 11.4 Å². The quantitative estimate of drug-likeness (QED) is 0.353. The highest BCUT2D eigenvalue weighted by Crippen LogP contribution is 2.26. The number of nitrogens with one attached hydrogen (secondary N) is 1. The average molecular weight is 384 g/mol. The average Bonchev–Trinajstić information content (AvgIpc) is 2.96. The standard InChI is InChI=1S/C18H20N6O2S/c1-12(21-22-18(19)20)16-11-24(2)17-9-8-13(10-15(16)17)23-27(25,26)14-6-4-3-5-7-14/h3-11,23H,1-2H3,(H4,19,20,22)/b21-12+. The summed E-state index contributed by atoms with van der Waals surface area (Å²) < 4.78 is 29.6. The van der Waals surface area contributed by atoms with E-state index in [1.54, 1.807) is 49.4 Å². The Bertz CT molecular complexity index is 1140. The van der Waals surface area contributed by atoms with E-state index in [1.165, 1.54) is 0 Å². The minimum Gasteiger partial charge on any atom is -0.369 e. The molecule has 0 bridgehead atoms. The van der Waals surface area contributed by atoms with E-state index in [2.05, 4.69) is 14.9 Å². The Hall–Kier alpha value is -3.33. The van der Waals surface area contributed by atoms with Gasteiger partial charge in [0, 0.05) is 35.4 Å². The Balaban J connectivity index is 2.03. The van der Waals surface area contributed by atoms with Gasteiger partial charge in [0.15, 0.2) is 0 Å². The minimum absolute atomic E-state index is 0.133. The van der Waals surface area contributed by atoms with Crippen molar-refractivity contribution in [2.24, 2.45) is 28.7 Å². The Morgan fingerprint density at radius 1 is 1.07 bits per heavy atom. The first-order chi connectivity index (χ1) is 12.8. The molecule has 0 aliphatic rings. The molecule has 5 N–H and O–H groups in total. The number of hydrogen-bond acceptors (Lipinski definition) is 4. The molecule has 140 valence electrons. The molecule has 27 heavy (non-hydrogen) atoms. The predicted octanol–water partition coefficient (Wildman–Crippen LogP) is 1.98. The summed E-state index contributed by atoms with van der Waals surface area (Å²) in [7, 11) is -1.78. The third-order valence-corrected chi connectivity index (χ3v) is 5.40. The van der Waals surface area contributed by atoms with Crippen molar-refractivity contribution in [3.05, 3.63) is 60.3 Å². The normalized spacial score (nSPS) is 12.1. The van der Waals surface area contributed by atoms with Crippen molar-refractivity contribution in [3.63, 3.8) is 0 Å². The van der Waals surface area contributed by atoms with Crippen LogP contribution in [0.25, 0.3) is 10.9 Å². The number of anilines is 1. The fraction of sp³-hybridized carbons (Fsp3) is 0.111. The van der Waals surface area contributed by atoms with Crippen molar-refractivity contribution in [1.29, 1.82) is 0 Å². The zero-order valence-corrected chi connectivity index (χ0v) is 15.7. The van der Waals surface area contributed by atoms with Gasteiger partial charge in [0.2, 0.25) is 5.96 Å². The second-order valence-electron chi connectivity index (χ2n) is 6.01. The van der Waals surface area contributed by atoms with Gasteiger partial charge in [-0.25, -0.2) is 8.42 Å². The van der Waals surface area contributed by atoms with Crippen LogP contribution in [-0.4, -0.2) is 24.7 Å². The first-order valence-corrected chi connectivity index (χ1v) is 9.57. The number of sulfonamides is 1. The van der Waals surface area contributed by atoms with Crippen LogP contribution in [-0.2, 0) is 17.1 Å². The Labute approximate surface area is 157 Å². The molecular formula is C18H20N6O2S. The van der Waals surface area contributed by atoms with Gasteiger partial charge in [-0.05, 0) is 37.3 Å². The lowest BCUT2D eigenvalue weighted by Gasteiger charge is -2.09. The number of benzene rings is 2. The van der Waals surface area contributed by atoms with Crippen LogP contribution in [0, 0.1) is 0 Å². The maximum atomic E-state index is 12.6. The second-order valence-corrected chi connectivity index (χ2v) is 7.70. The van der Waals surface area contributed by atoms with Crippen LogP contribution in [0.1, 0.15) is 12.5 Å². The van der Waals surface area contributed by atoms with E-state index in [1.807, 2.05) is 23.9 Å². The van der Waals surface area contributed by atoms with Gasteiger partial charge < -0.3 is 16.0 Å². The first-order valence-electron chi connectivity index (χ1n) is 8.08. The van der Waals surface area contributed by atoms with E-state index in [0.717, 1.165) is 16.5 Å². The lowest BCUT2D eigenvalue weighted by molar-refractivity contribution is 0.601. The summed E-state index contributed by atoms with van der Waals surface area (Å²) in [6.45, 7) is 1.78. The van der Waals surface area contributed by atoms with Gasteiger partial charge in [0.25, 0.3) is 10.0 Å². The number of nitrogens with zero attached hydrogens (tertiary/aromatic N) is 3. The lowest BCUT2D eigenvalue weighted by Crippen LogP contribution is -2.22. The highest BCUT2D eigenvalue weighted by Gasteiger charge is 2.15. The highest BCUT2D eigenvalue weighted by molar-refractivity contribution is 7.92. The summed E-state index contributed by atoms with van der Waals surface area (Å²) in [5.41, 5.74) is 13.4. The van der Waals surface area contributed by atoms with Gasteiger partial charge in [-0.3, -0.25) is 4.72 Å². The van der Waals surface area contributed by atoms with E-state index >= 15 is 0 Å². The number of fused-ring (bicyclic) bond motifs is 1. The molecule has 0 radical (unpaired) electrons. The van der Waals surface area contributed by atoms with E-state index in [9.17, 15) is 8.42 Å². The van der Waals surface area contributed by atoms with Crippen LogP contribution in [0.15, 0.2) is 69.8 Å². The van der Waals surface area contributed by atoms with Crippen molar-refractivity contribution in [2.45, 2.75) is 11.8 Å². The molecule has 0 spiro atoms. The SMILES string of the molecule is C/C(=N\N=C(N)N)c1cn(C)c2ccc(NS(=O)(=O)c3ccccc3)cc12. The molecule has 0 unspecified atom stereocenters. The molecule has 1 heterocycles. The smallest absolute Gasteiger partial charge is 0.261 e. The fourth-order valence-electron chi connectivity index (χ4n) is 2.74. The summed E-state index contributed by atoms with van der Waals surface area (Å²) in [5, 5.41) is 8.52. The molecule has 3 aromatic rings. The van der Waals surface area contributed by atoms with Crippen LogP contribution in [0.5, 0.6) is 0 Å². The van der Waals surface area contributed by atoms with Gasteiger partial charge in [-0.1, -0.05) is 18.2 Å². The summed E-state index contributed by atoms with van der Waals surface area (Å²) in [6.07, 6.45) is 1.89. The van der Waals surface area contributed by atoms with Crippen molar-refractivity contribution in [1.82, 2.24) is 4.57 Å². The number of aromatic nitrogens is 1. The summed E-state index contributed by atoms with van der Waals surface area (Å²) in [6, 6.07) is 13.5. The first kappa shape index (κ1) is 18.5. The maximum Gasteiger partial charge on any atom is 0.261 e. The third-order valence-electron chi connectivity index (χ3n) is 4.00. The monoisotopic (exact) mass is 384 g/mol. The van der Waals surface area contributed by atoms with Crippen LogP contribution >= 0.6 is 0 Å². The fourth-order valence-corrected chi connectivity index (χ4v) is 3.81. The zero-order chi connectivity index (χ0) is 19.6. The minimum atomic E-state index is -3.67. The summed E-state index contributed by atoms with van der Waals surface area (Å²) >= 11 is 0. The molecule has 9 heteroatoms. The van der Waals surface area contributed by atoms with Gasteiger partial charge in [0.05, 0.1) is 10.6 Å². The number of aryl methyl sites for hydroxylation is 1. The zero-order valence-electron chi connectivity index (χ0n) is 14.9. The summed E-state index contributed by atoms with van der Waals surface area (Å²) in [5.74, 6) is -0.133. The van der Waals surface area contributed by atoms with E-state index in [-0.39, 0.29) is 10.9 Å². The van der Waals surface area contributed by atoms with Crippen LogP contribution in [0.2, 0.25) is 0 Å². The van der Waals surface area contributed by atoms with E-state index in [4.69, 9.17) is 11.5 Å². The van der Waals surface area contributed by atoms with E-state index < -0.39 is 10.0 Å². The molecule has 0 aliphatic carbocycles. The van der Waals surface area contributed by atoms with Crippen LogP contribution < -0.4 is 16.2 Å². The van der Waals surface area contributed by atoms with Crippen molar-refractivity contribution in [2.75, 3.05) is 4.72 Å². The molecule has 0 atom stereocenters. The van der Waals surface area contributed by atoms with Gasteiger partial charge in [0.1, 0.15) is 0 Å². The molecule has 0 saturated carbocycles. The van der Waals surface area contributed by atoms with Crippen molar-refractivity contribution >= 4 is 38.3 Å². The number of guanidine groups is 1. The van der Waals surface area contributed by atoms with Crippen LogP contribution in [0.3, 0.4) is 0 Å². The number of rotatable bonds is 5. The molecule has 0 aliphatic heterocycles. The number of hydrogen-bond donors (Lipinski definition) is 3.